The van der Waals surface area contributed by atoms with Gasteiger partial charge in [-0.25, -0.2) is 0 Å². The van der Waals surface area contributed by atoms with E-state index in [1.165, 1.54) is 5.56 Å². The molecule has 15 heavy (non-hydrogen) atoms. The lowest BCUT2D eigenvalue weighted by Crippen LogP contribution is -2.01. The van der Waals surface area contributed by atoms with E-state index >= 15 is 0 Å². The van der Waals surface area contributed by atoms with Gasteiger partial charge in [0.1, 0.15) is 5.78 Å². The molecule has 1 heteroatoms. The van der Waals surface area contributed by atoms with Crippen LogP contribution in [0.5, 0.6) is 0 Å². The van der Waals surface area contributed by atoms with Crippen LogP contribution in [0, 0.1) is 5.92 Å². The van der Waals surface area contributed by atoms with Gasteiger partial charge in [0, 0.05) is 12.8 Å². The molecule has 0 saturated heterocycles. The Morgan fingerprint density at radius 2 is 1.93 bits per heavy atom. The number of carbonyl (C=O) groups excluding carboxylic acids is 1. The van der Waals surface area contributed by atoms with E-state index in [1.54, 1.807) is 0 Å². The van der Waals surface area contributed by atoms with Gasteiger partial charge in [-0.15, -0.1) is 0 Å². The third-order valence-corrected chi connectivity index (χ3v) is 2.43. The quantitative estimate of drug-likeness (QED) is 0.718. The number of benzene rings is 1. The van der Waals surface area contributed by atoms with E-state index in [2.05, 4.69) is 32.0 Å². The largest absolute Gasteiger partial charge is 0.299 e. The van der Waals surface area contributed by atoms with Gasteiger partial charge < -0.3 is 0 Å². The topological polar surface area (TPSA) is 17.1 Å². The van der Waals surface area contributed by atoms with Crippen molar-refractivity contribution >= 4 is 5.78 Å². The monoisotopic (exact) mass is 204 g/mol. The molecule has 1 aromatic carbocycles. The van der Waals surface area contributed by atoms with Crippen LogP contribution in [-0.4, -0.2) is 5.78 Å². The molecule has 0 atom stereocenters. The van der Waals surface area contributed by atoms with Gasteiger partial charge in [-0.1, -0.05) is 45.0 Å². The lowest BCUT2D eigenvalue weighted by atomic mass is 9.99. The Hall–Kier alpha value is -1.11. The second-order valence-electron chi connectivity index (χ2n) is 4.49. The summed E-state index contributed by atoms with van der Waals surface area (Å²) in [6, 6.07) is 8.39. The minimum atomic E-state index is 0.316. The number of ketones is 1. The normalized spacial score (nSPS) is 10.7. The van der Waals surface area contributed by atoms with E-state index in [-0.39, 0.29) is 0 Å². The Morgan fingerprint density at radius 3 is 2.53 bits per heavy atom. The van der Waals surface area contributed by atoms with Gasteiger partial charge in [-0.2, -0.15) is 0 Å². The highest BCUT2D eigenvalue weighted by molar-refractivity contribution is 5.80. The van der Waals surface area contributed by atoms with Gasteiger partial charge in [-0.3, -0.25) is 4.79 Å². The second kappa shape index (κ2) is 5.69. The Kier molecular flexibility index (Phi) is 4.54. The van der Waals surface area contributed by atoms with Crippen molar-refractivity contribution in [3.05, 3.63) is 35.4 Å². The third-order valence-electron chi connectivity index (χ3n) is 2.43. The maximum Gasteiger partial charge on any atom is 0.136 e. The van der Waals surface area contributed by atoms with E-state index in [0.29, 0.717) is 24.5 Å². The van der Waals surface area contributed by atoms with E-state index in [4.69, 9.17) is 0 Å². The molecule has 0 bridgehead atoms. The summed E-state index contributed by atoms with van der Waals surface area (Å²) in [6.45, 7) is 6.34. The van der Waals surface area contributed by atoms with Crippen LogP contribution < -0.4 is 0 Å². The van der Waals surface area contributed by atoms with Crippen LogP contribution in [-0.2, 0) is 17.6 Å². The van der Waals surface area contributed by atoms with Crippen LogP contribution in [0.3, 0.4) is 0 Å². The van der Waals surface area contributed by atoms with Crippen LogP contribution in [0.15, 0.2) is 24.3 Å². The fourth-order valence-corrected chi connectivity index (χ4v) is 1.69. The van der Waals surface area contributed by atoms with Gasteiger partial charge in [-0.05, 0) is 23.5 Å². The summed E-state index contributed by atoms with van der Waals surface area (Å²) in [4.78, 5) is 11.3. The minimum Gasteiger partial charge on any atom is -0.299 e. The Bertz CT molecular complexity index is 326. The number of hydrogen-bond acceptors (Lipinski definition) is 1. The fourth-order valence-electron chi connectivity index (χ4n) is 1.69. The highest BCUT2D eigenvalue weighted by Gasteiger charge is 2.03. The van der Waals surface area contributed by atoms with Crippen LogP contribution >= 0.6 is 0 Å². The number of rotatable bonds is 5. The molecule has 0 spiro atoms. The summed E-state index contributed by atoms with van der Waals surface area (Å²) in [6.07, 6.45) is 2.31. The SMILES string of the molecule is CCC(=O)Cc1cccc(CC(C)C)c1. The Balaban J connectivity index is 2.69. The molecule has 0 aliphatic rings. The van der Waals surface area contributed by atoms with Crippen LogP contribution in [0.4, 0.5) is 0 Å². The highest BCUT2D eigenvalue weighted by atomic mass is 16.1. The number of Topliss-reactive ketones (excluding diaryl/α,β-unsaturated/α-hetero) is 1. The molecule has 0 radical (unpaired) electrons. The first kappa shape index (κ1) is 12.0. The zero-order chi connectivity index (χ0) is 11.3. The molecule has 1 nitrogen and oxygen atoms in total. The van der Waals surface area contributed by atoms with Gasteiger partial charge in [0.05, 0.1) is 0 Å². The van der Waals surface area contributed by atoms with Crippen molar-refractivity contribution in [1.29, 1.82) is 0 Å². The summed E-state index contributed by atoms with van der Waals surface area (Å²) >= 11 is 0. The van der Waals surface area contributed by atoms with Crippen LogP contribution in [0.2, 0.25) is 0 Å². The summed E-state index contributed by atoms with van der Waals surface area (Å²) < 4.78 is 0. The van der Waals surface area contributed by atoms with Gasteiger partial charge in [0.15, 0.2) is 0 Å². The summed E-state index contributed by atoms with van der Waals surface area (Å²) in [5.74, 6) is 0.985. The van der Waals surface area contributed by atoms with Gasteiger partial charge >= 0.3 is 0 Å². The predicted molar refractivity (Wildman–Crippen MR) is 64.0 cm³/mol. The van der Waals surface area contributed by atoms with E-state index in [9.17, 15) is 4.79 Å². The predicted octanol–water partition coefficient (Wildman–Crippen LogP) is 3.41. The van der Waals surface area contributed by atoms with Crippen molar-refractivity contribution in [2.45, 2.75) is 40.0 Å². The zero-order valence-corrected chi connectivity index (χ0v) is 9.92. The van der Waals surface area contributed by atoms with Crippen molar-refractivity contribution in [3.63, 3.8) is 0 Å². The Labute approximate surface area is 92.5 Å². The van der Waals surface area contributed by atoms with Crippen LogP contribution in [0.1, 0.15) is 38.3 Å². The summed E-state index contributed by atoms with van der Waals surface area (Å²) in [5.41, 5.74) is 2.49. The van der Waals surface area contributed by atoms with Crippen molar-refractivity contribution in [2.75, 3.05) is 0 Å². The van der Waals surface area contributed by atoms with Crippen LogP contribution in [0.25, 0.3) is 0 Å². The van der Waals surface area contributed by atoms with Crippen molar-refractivity contribution < 1.29 is 4.79 Å². The zero-order valence-electron chi connectivity index (χ0n) is 9.92. The van der Waals surface area contributed by atoms with E-state index in [1.807, 2.05) is 13.0 Å². The average molecular weight is 204 g/mol. The number of carbonyl (C=O) groups is 1. The molecule has 0 aliphatic heterocycles. The van der Waals surface area contributed by atoms with Crippen molar-refractivity contribution in [3.8, 4) is 0 Å². The molecule has 82 valence electrons. The molecule has 0 N–H and O–H groups in total. The van der Waals surface area contributed by atoms with Gasteiger partial charge in [0.25, 0.3) is 0 Å². The minimum absolute atomic E-state index is 0.316. The number of hydrogen-bond donors (Lipinski definition) is 0. The maximum atomic E-state index is 11.3. The van der Waals surface area contributed by atoms with E-state index < -0.39 is 0 Å². The van der Waals surface area contributed by atoms with Crippen molar-refractivity contribution in [1.82, 2.24) is 0 Å². The maximum absolute atomic E-state index is 11.3. The molecule has 1 rings (SSSR count). The molecule has 0 saturated carbocycles. The second-order valence-corrected chi connectivity index (χ2v) is 4.49. The average Bonchev–Trinajstić information content (AvgIpc) is 2.17. The molecule has 0 unspecified atom stereocenters. The first-order chi connectivity index (χ1) is 7.11. The summed E-state index contributed by atoms with van der Waals surface area (Å²) in [7, 11) is 0. The molecule has 0 fully saturated rings. The molecule has 0 aromatic heterocycles. The highest BCUT2D eigenvalue weighted by Crippen LogP contribution is 2.11. The smallest absolute Gasteiger partial charge is 0.136 e. The molecule has 1 aromatic rings. The first-order valence-electron chi connectivity index (χ1n) is 5.71. The van der Waals surface area contributed by atoms with E-state index in [0.717, 1.165) is 12.0 Å². The molecule has 0 aliphatic carbocycles. The lowest BCUT2D eigenvalue weighted by Gasteiger charge is -2.06. The fraction of sp³-hybridized carbons (Fsp3) is 0.500. The third kappa shape index (κ3) is 4.28. The van der Waals surface area contributed by atoms with Gasteiger partial charge in [0.2, 0.25) is 0 Å². The molecule has 0 heterocycles. The standard InChI is InChI=1S/C14H20O/c1-4-14(15)10-13-7-5-6-12(9-13)8-11(2)3/h5-7,9,11H,4,8,10H2,1-3H3. The first-order valence-corrected chi connectivity index (χ1v) is 5.71. The molecule has 0 amide bonds. The summed E-state index contributed by atoms with van der Waals surface area (Å²) in [5, 5.41) is 0. The Morgan fingerprint density at radius 1 is 1.27 bits per heavy atom. The lowest BCUT2D eigenvalue weighted by molar-refractivity contribution is -0.118. The van der Waals surface area contributed by atoms with Crippen molar-refractivity contribution in [2.24, 2.45) is 5.92 Å². The molecular formula is C14H20O. The molecular weight excluding hydrogens is 184 g/mol.